The van der Waals surface area contributed by atoms with Crippen molar-refractivity contribution in [2.24, 2.45) is 5.41 Å². The van der Waals surface area contributed by atoms with E-state index in [1.165, 1.54) is 0 Å². The van der Waals surface area contributed by atoms with Crippen LogP contribution in [0, 0.1) is 12.3 Å². The number of amides is 1. The van der Waals surface area contributed by atoms with Crippen molar-refractivity contribution in [3.05, 3.63) is 23.3 Å². The first kappa shape index (κ1) is 18.5. The van der Waals surface area contributed by atoms with E-state index in [0.717, 1.165) is 12.0 Å². The summed E-state index contributed by atoms with van der Waals surface area (Å²) in [7, 11) is 0. The minimum atomic E-state index is -0.365. The SMILES string of the molecule is CCC(NNC(=O)c1ccc2c(c1C)OC[C@H](CO)O2)C(C)(C)C. The van der Waals surface area contributed by atoms with Crippen molar-refractivity contribution >= 4 is 5.91 Å². The molecular weight excluding hydrogens is 308 g/mol. The largest absolute Gasteiger partial charge is 0.485 e. The molecule has 1 heterocycles. The van der Waals surface area contributed by atoms with Gasteiger partial charge in [-0.2, -0.15) is 0 Å². The lowest BCUT2D eigenvalue weighted by molar-refractivity contribution is 0.0450. The molecule has 0 aromatic heterocycles. The Bertz CT molecular complexity index is 595. The fraction of sp³-hybridized carbons (Fsp3) is 0.611. The number of nitrogens with one attached hydrogen (secondary N) is 2. The highest BCUT2D eigenvalue weighted by Crippen LogP contribution is 2.36. The Morgan fingerprint density at radius 3 is 2.71 bits per heavy atom. The number of aliphatic hydroxyl groups is 1. The molecule has 1 aliphatic heterocycles. The number of hydrogen-bond acceptors (Lipinski definition) is 5. The lowest BCUT2D eigenvalue weighted by Gasteiger charge is -2.31. The second-order valence-electron chi connectivity index (χ2n) is 7.22. The first-order chi connectivity index (χ1) is 11.3. The van der Waals surface area contributed by atoms with E-state index in [-0.39, 0.29) is 36.7 Å². The molecule has 6 heteroatoms. The molecule has 1 aliphatic rings. The Hall–Kier alpha value is -1.79. The van der Waals surface area contributed by atoms with Crippen molar-refractivity contribution in [2.75, 3.05) is 13.2 Å². The fourth-order valence-corrected chi connectivity index (χ4v) is 2.82. The molecule has 0 fully saturated rings. The minimum Gasteiger partial charge on any atom is -0.485 e. The lowest BCUT2D eigenvalue weighted by Crippen LogP contribution is -2.49. The average Bonchev–Trinajstić information content (AvgIpc) is 2.53. The molecule has 0 bridgehead atoms. The van der Waals surface area contributed by atoms with Gasteiger partial charge in [-0.15, -0.1) is 0 Å². The summed E-state index contributed by atoms with van der Waals surface area (Å²) in [5.41, 5.74) is 7.24. The standard InChI is InChI=1S/C18H28N2O4/c1-6-15(18(3,4)5)19-20-17(22)13-7-8-14-16(11(13)2)23-10-12(9-21)24-14/h7-8,12,15,19,21H,6,9-10H2,1-5H3,(H,20,22)/t12-,15?/m0/s1. The van der Waals surface area contributed by atoms with E-state index in [0.29, 0.717) is 17.1 Å². The predicted octanol–water partition coefficient (Wildman–Crippen LogP) is 2.19. The zero-order chi connectivity index (χ0) is 17.9. The average molecular weight is 336 g/mol. The van der Waals surface area contributed by atoms with Gasteiger partial charge in [-0.25, -0.2) is 5.43 Å². The van der Waals surface area contributed by atoms with Gasteiger partial charge in [-0.1, -0.05) is 27.7 Å². The maximum absolute atomic E-state index is 12.5. The van der Waals surface area contributed by atoms with Gasteiger partial charge >= 0.3 is 0 Å². The Balaban J connectivity index is 2.11. The molecule has 0 saturated carbocycles. The highest BCUT2D eigenvalue weighted by molar-refractivity contribution is 5.96. The van der Waals surface area contributed by atoms with E-state index in [2.05, 4.69) is 38.5 Å². The molecule has 0 aliphatic carbocycles. The second kappa shape index (κ2) is 7.40. The van der Waals surface area contributed by atoms with E-state index >= 15 is 0 Å². The molecule has 1 unspecified atom stereocenters. The second-order valence-corrected chi connectivity index (χ2v) is 7.22. The van der Waals surface area contributed by atoms with Crippen molar-refractivity contribution in [1.82, 2.24) is 10.9 Å². The van der Waals surface area contributed by atoms with Gasteiger partial charge < -0.3 is 14.6 Å². The van der Waals surface area contributed by atoms with Crippen LogP contribution >= 0.6 is 0 Å². The maximum atomic E-state index is 12.5. The van der Waals surface area contributed by atoms with Crippen LogP contribution in [0.4, 0.5) is 0 Å². The Kier molecular flexibility index (Phi) is 5.72. The summed E-state index contributed by atoms with van der Waals surface area (Å²) < 4.78 is 11.3. The zero-order valence-electron chi connectivity index (χ0n) is 15.1. The third-order valence-corrected chi connectivity index (χ3v) is 4.34. The molecule has 1 amide bonds. The summed E-state index contributed by atoms with van der Waals surface area (Å²) in [4.78, 5) is 12.5. The van der Waals surface area contributed by atoms with E-state index in [1.54, 1.807) is 12.1 Å². The molecule has 24 heavy (non-hydrogen) atoms. The number of rotatable bonds is 5. The number of carbonyl (C=O) groups is 1. The summed E-state index contributed by atoms with van der Waals surface area (Å²) in [5, 5.41) is 9.16. The van der Waals surface area contributed by atoms with Crippen molar-refractivity contribution in [3.63, 3.8) is 0 Å². The van der Waals surface area contributed by atoms with Crippen molar-refractivity contribution in [2.45, 2.75) is 53.2 Å². The quantitative estimate of drug-likeness (QED) is 0.718. The van der Waals surface area contributed by atoms with Gasteiger partial charge in [0.25, 0.3) is 5.91 Å². The van der Waals surface area contributed by atoms with E-state index < -0.39 is 0 Å². The molecule has 1 aromatic rings. The number of aliphatic hydroxyl groups excluding tert-OH is 1. The van der Waals surface area contributed by atoms with Gasteiger partial charge in [-0.05, 0) is 30.9 Å². The Morgan fingerprint density at radius 2 is 2.12 bits per heavy atom. The van der Waals surface area contributed by atoms with Gasteiger partial charge in [0.15, 0.2) is 17.6 Å². The number of hydrazine groups is 1. The van der Waals surface area contributed by atoms with E-state index in [4.69, 9.17) is 14.6 Å². The summed E-state index contributed by atoms with van der Waals surface area (Å²) in [6.07, 6.45) is 0.544. The van der Waals surface area contributed by atoms with Crippen molar-refractivity contribution in [1.29, 1.82) is 0 Å². The predicted molar refractivity (Wildman–Crippen MR) is 92.3 cm³/mol. The first-order valence-electron chi connectivity index (χ1n) is 8.37. The Labute approximate surface area is 143 Å². The summed E-state index contributed by atoms with van der Waals surface area (Å²) in [6.45, 7) is 10.5. The van der Waals surface area contributed by atoms with Crippen molar-refractivity contribution < 1.29 is 19.4 Å². The number of carbonyl (C=O) groups excluding carboxylic acids is 1. The molecule has 1 aromatic carbocycles. The normalized spacial score (nSPS) is 18.2. The minimum absolute atomic E-state index is 0.0448. The molecule has 134 valence electrons. The van der Waals surface area contributed by atoms with Crippen molar-refractivity contribution in [3.8, 4) is 11.5 Å². The molecule has 0 spiro atoms. The topological polar surface area (TPSA) is 79.8 Å². The van der Waals surface area contributed by atoms with Gasteiger partial charge in [0, 0.05) is 17.2 Å². The fourth-order valence-electron chi connectivity index (χ4n) is 2.82. The third-order valence-electron chi connectivity index (χ3n) is 4.34. The van der Waals surface area contributed by atoms with Gasteiger partial charge in [0.1, 0.15) is 6.61 Å². The third kappa shape index (κ3) is 3.99. The number of hydrogen-bond donors (Lipinski definition) is 3. The molecule has 2 atom stereocenters. The summed E-state index contributed by atoms with van der Waals surface area (Å²) in [6, 6.07) is 3.59. The highest BCUT2D eigenvalue weighted by Gasteiger charge is 2.26. The molecule has 2 rings (SSSR count). The van der Waals surface area contributed by atoms with Gasteiger partial charge in [-0.3, -0.25) is 10.2 Å². The van der Waals surface area contributed by atoms with E-state index in [9.17, 15) is 4.79 Å². The van der Waals surface area contributed by atoms with Crippen LogP contribution in [-0.2, 0) is 0 Å². The highest BCUT2D eigenvalue weighted by atomic mass is 16.6. The molecule has 3 N–H and O–H groups in total. The van der Waals surface area contributed by atoms with Crippen LogP contribution in [0.25, 0.3) is 0 Å². The van der Waals surface area contributed by atoms with Crippen LogP contribution in [0.3, 0.4) is 0 Å². The number of benzene rings is 1. The molecular formula is C18H28N2O4. The lowest BCUT2D eigenvalue weighted by atomic mass is 9.86. The van der Waals surface area contributed by atoms with Gasteiger partial charge in [0.05, 0.1) is 6.61 Å². The van der Waals surface area contributed by atoms with Crippen LogP contribution in [0.1, 0.15) is 50.0 Å². The summed E-state index contributed by atoms with van der Waals surface area (Å²) in [5.74, 6) is 0.921. The number of ether oxygens (including phenoxy) is 2. The Morgan fingerprint density at radius 1 is 1.42 bits per heavy atom. The number of fused-ring (bicyclic) bond motifs is 1. The van der Waals surface area contributed by atoms with Crippen LogP contribution in [0.15, 0.2) is 12.1 Å². The first-order valence-corrected chi connectivity index (χ1v) is 8.37. The smallest absolute Gasteiger partial charge is 0.265 e. The zero-order valence-corrected chi connectivity index (χ0v) is 15.1. The van der Waals surface area contributed by atoms with Gasteiger partial charge in [0.2, 0.25) is 0 Å². The molecule has 6 nitrogen and oxygen atoms in total. The van der Waals surface area contributed by atoms with Crippen LogP contribution in [0.5, 0.6) is 11.5 Å². The van der Waals surface area contributed by atoms with E-state index in [1.807, 2.05) is 6.92 Å². The maximum Gasteiger partial charge on any atom is 0.265 e. The van der Waals surface area contributed by atoms with Crippen LogP contribution in [0.2, 0.25) is 0 Å². The summed E-state index contributed by atoms with van der Waals surface area (Å²) >= 11 is 0. The molecule has 0 radical (unpaired) electrons. The monoisotopic (exact) mass is 336 g/mol. The van der Waals surface area contributed by atoms with Crippen LogP contribution < -0.4 is 20.3 Å². The molecule has 0 saturated heterocycles. The van der Waals surface area contributed by atoms with Crippen LogP contribution in [-0.4, -0.2) is 36.4 Å².